The Bertz CT molecular complexity index is 311. The molecule has 104 valence electrons. The van der Waals surface area contributed by atoms with E-state index in [9.17, 15) is 19.8 Å². The van der Waals surface area contributed by atoms with Gasteiger partial charge in [0, 0.05) is 13.6 Å². The molecule has 6 heteroatoms. The third-order valence-corrected chi connectivity index (χ3v) is 3.35. The van der Waals surface area contributed by atoms with Crippen LogP contribution in [0.1, 0.15) is 39.0 Å². The Morgan fingerprint density at radius 3 is 2.33 bits per heavy atom. The zero-order valence-electron chi connectivity index (χ0n) is 11.0. The second-order valence-corrected chi connectivity index (χ2v) is 5.11. The zero-order valence-corrected chi connectivity index (χ0v) is 11.0. The maximum atomic E-state index is 11.9. The molecule has 6 nitrogen and oxygen atoms in total. The first-order valence-corrected chi connectivity index (χ1v) is 6.32. The molecule has 0 heterocycles. The number of hydrogen-bond acceptors (Lipinski definition) is 3. The lowest BCUT2D eigenvalue weighted by atomic mass is 9.82. The fraction of sp³-hybridized carbons (Fsp3) is 0.833. The third kappa shape index (κ3) is 3.60. The molecule has 0 radical (unpaired) electrons. The van der Waals surface area contributed by atoms with Crippen molar-refractivity contribution in [1.82, 2.24) is 10.2 Å². The Kier molecular flexibility index (Phi) is 4.95. The van der Waals surface area contributed by atoms with E-state index < -0.39 is 23.6 Å². The summed E-state index contributed by atoms with van der Waals surface area (Å²) in [6, 6.07) is -0.444. The molecular weight excluding hydrogens is 236 g/mol. The van der Waals surface area contributed by atoms with E-state index in [0.717, 1.165) is 19.3 Å². The second-order valence-electron chi connectivity index (χ2n) is 5.11. The molecule has 1 fully saturated rings. The van der Waals surface area contributed by atoms with Crippen LogP contribution in [0.3, 0.4) is 0 Å². The molecule has 1 aliphatic carbocycles. The normalized spacial score (nSPS) is 19.9. The Morgan fingerprint density at radius 2 is 1.89 bits per heavy atom. The van der Waals surface area contributed by atoms with Crippen molar-refractivity contribution in [2.75, 3.05) is 13.6 Å². The number of carbonyl (C=O) groups excluding carboxylic acids is 1. The van der Waals surface area contributed by atoms with Crippen LogP contribution in [0.5, 0.6) is 0 Å². The van der Waals surface area contributed by atoms with E-state index in [1.165, 1.54) is 4.90 Å². The molecule has 0 spiro atoms. The summed E-state index contributed by atoms with van der Waals surface area (Å²) < 4.78 is 0. The molecule has 1 atom stereocenters. The fourth-order valence-electron chi connectivity index (χ4n) is 2.33. The molecule has 0 bridgehead atoms. The van der Waals surface area contributed by atoms with Gasteiger partial charge in [-0.05, 0) is 19.8 Å². The Labute approximate surface area is 107 Å². The van der Waals surface area contributed by atoms with Gasteiger partial charge >= 0.3 is 12.0 Å². The third-order valence-electron chi connectivity index (χ3n) is 3.35. The molecule has 3 N–H and O–H groups in total. The number of hydrogen-bond donors (Lipinski definition) is 3. The van der Waals surface area contributed by atoms with E-state index in [1.807, 2.05) is 0 Å². The van der Waals surface area contributed by atoms with Gasteiger partial charge in [0.15, 0.2) is 0 Å². The number of urea groups is 1. The lowest BCUT2D eigenvalue weighted by molar-refractivity contribution is -0.145. The number of likely N-dealkylation sites (N-methyl/N-ethyl adjacent to an activating group) is 1. The number of carbonyl (C=O) groups is 2. The fourth-order valence-corrected chi connectivity index (χ4v) is 2.33. The standard InChI is InChI=1S/C12H22N2O4/c1-9(15)8-14(2)11(18)13-12(10(16)17)6-4-3-5-7-12/h9,15H,3-8H2,1-2H3,(H,13,18)(H,16,17). The summed E-state index contributed by atoms with van der Waals surface area (Å²) >= 11 is 0. The van der Waals surface area contributed by atoms with Crippen LogP contribution in [0, 0.1) is 0 Å². The van der Waals surface area contributed by atoms with Crippen LogP contribution >= 0.6 is 0 Å². The van der Waals surface area contributed by atoms with Crippen molar-refractivity contribution >= 4 is 12.0 Å². The highest BCUT2D eigenvalue weighted by atomic mass is 16.4. The van der Waals surface area contributed by atoms with Crippen molar-refractivity contribution in [3.63, 3.8) is 0 Å². The van der Waals surface area contributed by atoms with Crippen LogP contribution in [-0.4, -0.2) is 52.3 Å². The molecule has 0 aromatic heterocycles. The number of aliphatic hydroxyl groups excluding tert-OH is 1. The van der Waals surface area contributed by atoms with E-state index in [2.05, 4.69) is 5.32 Å². The molecular formula is C12H22N2O4. The molecule has 0 aromatic rings. The van der Waals surface area contributed by atoms with Crippen molar-refractivity contribution in [1.29, 1.82) is 0 Å². The lowest BCUT2D eigenvalue weighted by Crippen LogP contribution is -2.58. The van der Waals surface area contributed by atoms with Crippen LogP contribution in [0.25, 0.3) is 0 Å². The Balaban J connectivity index is 2.66. The van der Waals surface area contributed by atoms with Gasteiger partial charge in [-0.3, -0.25) is 0 Å². The van der Waals surface area contributed by atoms with Gasteiger partial charge in [0.25, 0.3) is 0 Å². The van der Waals surface area contributed by atoms with Gasteiger partial charge in [0.1, 0.15) is 5.54 Å². The zero-order chi connectivity index (χ0) is 13.8. The van der Waals surface area contributed by atoms with Crippen molar-refractivity contribution < 1.29 is 19.8 Å². The summed E-state index contributed by atoms with van der Waals surface area (Å²) in [7, 11) is 1.54. The van der Waals surface area contributed by atoms with Gasteiger partial charge in [-0.2, -0.15) is 0 Å². The smallest absolute Gasteiger partial charge is 0.329 e. The molecule has 1 unspecified atom stereocenters. The number of aliphatic hydroxyl groups is 1. The average molecular weight is 258 g/mol. The summed E-state index contributed by atoms with van der Waals surface area (Å²) in [5, 5.41) is 21.1. The number of carboxylic acids is 1. The molecule has 0 aromatic carbocycles. The monoisotopic (exact) mass is 258 g/mol. The topological polar surface area (TPSA) is 89.9 Å². The minimum atomic E-state index is -1.14. The average Bonchev–Trinajstić information content (AvgIpc) is 2.29. The first-order chi connectivity index (χ1) is 8.37. The van der Waals surface area contributed by atoms with Crippen LogP contribution in [0.4, 0.5) is 4.79 Å². The minimum absolute atomic E-state index is 0.182. The van der Waals surface area contributed by atoms with Gasteiger partial charge in [0.05, 0.1) is 6.10 Å². The quantitative estimate of drug-likeness (QED) is 0.695. The highest BCUT2D eigenvalue weighted by Gasteiger charge is 2.41. The van der Waals surface area contributed by atoms with Gasteiger partial charge in [0.2, 0.25) is 0 Å². The van der Waals surface area contributed by atoms with Crippen LogP contribution in [0.15, 0.2) is 0 Å². The van der Waals surface area contributed by atoms with Crippen molar-refractivity contribution in [3.8, 4) is 0 Å². The maximum absolute atomic E-state index is 11.9. The summed E-state index contributed by atoms with van der Waals surface area (Å²) in [6.07, 6.45) is 2.94. The summed E-state index contributed by atoms with van der Waals surface area (Å²) in [6.45, 7) is 1.76. The summed E-state index contributed by atoms with van der Waals surface area (Å²) in [5.41, 5.74) is -1.14. The van der Waals surface area contributed by atoms with Crippen molar-refractivity contribution in [2.24, 2.45) is 0 Å². The Hall–Kier alpha value is -1.30. The van der Waals surface area contributed by atoms with Crippen molar-refractivity contribution in [2.45, 2.75) is 50.7 Å². The van der Waals surface area contributed by atoms with Crippen molar-refractivity contribution in [3.05, 3.63) is 0 Å². The minimum Gasteiger partial charge on any atom is -0.480 e. The Morgan fingerprint density at radius 1 is 1.33 bits per heavy atom. The number of rotatable bonds is 4. The van der Waals surface area contributed by atoms with E-state index in [-0.39, 0.29) is 6.54 Å². The van der Waals surface area contributed by atoms with Crippen LogP contribution < -0.4 is 5.32 Å². The molecule has 1 saturated carbocycles. The number of nitrogens with one attached hydrogen (secondary N) is 1. The van der Waals surface area contributed by atoms with Gasteiger partial charge in [-0.15, -0.1) is 0 Å². The maximum Gasteiger partial charge on any atom is 0.329 e. The van der Waals surface area contributed by atoms with E-state index >= 15 is 0 Å². The van der Waals surface area contributed by atoms with Gasteiger partial charge < -0.3 is 20.4 Å². The summed E-state index contributed by atoms with van der Waals surface area (Å²) in [4.78, 5) is 24.6. The highest BCUT2D eigenvalue weighted by molar-refractivity contribution is 5.86. The van der Waals surface area contributed by atoms with Crippen LogP contribution in [-0.2, 0) is 4.79 Å². The van der Waals surface area contributed by atoms with E-state index in [1.54, 1.807) is 14.0 Å². The van der Waals surface area contributed by atoms with Gasteiger partial charge in [-0.1, -0.05) is 19.3 Å². The first-order valence-electron chi connectivity index (χ1n) is 6.32. The van der Waals surface area contributed by atoms with Gasteiger partial charge in [-0.25, -0.2) is 9.59 Å². The van der Waals surface area contributed by atoms with E-state index in [4.69, 9.17) is 0 Å². The van der Waals surface area contributed by atoms with Crippen LogP contribution in [0.2, 0.25) is 0 Å². The highest BCUT2D eigenvalue weighted by Crippen LogP contribution is 2.28. The largest absolute Gasteiger partial charge is 0.480 e. The summed E-state index contributed by atoms with van der Waals surface area (Å²) in [5.74, 6) is -0.971. The number of nitrogens with zero attached hydrogens (tertiary/aromatic N) is 1. The molecule has 18 heavy (non-hydrogen) atoms. The predicted octanol–water partition coefficient (Wildman–Crippen LogP) is 0.796. The molecule has 0 saturated heterocycles. The molecule has 1 rings (SSSR count). The second kappa shape index (κ2) is 6.04. The molecule has 2 amide bonds. The predicted molar refractivity (Wildman–Crippen MR) is 66.3 cm³/mol. The number of carboxylic acid groups (broad SMARTS) is 1. The molecule has 0 aliphatic heterocycles. The molecule has 1 aliphatic rings. The van der Waals surface area contributed by atoms with E-state index in [0.29, 0.717) is 12.8 Å². The SMILES string of the molecule is CC(O)CN(C)C(=O)NC1(C(=O)O)CCCCC1. The number of amides is 2. The lowest BCUT2D eigenvalue weighted by Gasteiger charge is -2.35. The number of aliphatic carboxylic acids is 1. The first kappa shape index (κ1) is 14.8.